The van der Waals surface area contributed by atoms with Crippen LogP contribution in [-0.4, -0.2) is 29.9 Å². The van der Waals surface area contributed by atoms with Gasteiger partial charge in [0.15, 0.2) is 0 Å². The first-order chi connectivity index (χ1) is 13.9. The Balaban J connectivity index is 1.92. The molecule has 6 nitrogen and oxygen atoms in total. The Morgan fingerprint density at radius 2 is 1.62 bits per heavy atom. The lowest BCUT2D eigenvalue weighted by molar-refractivity contribution is 0.282. The van der Waals surface area contributed by atoms with Crippen molar-refractivity contribution < 1.29 is 17.9 Å². The highest BCUT2D eigenvalue weighted by molar-refractivity contribution is 7.89. The summed E-state index contributed by atoms with van der Waals surface area (Å²) in [6.07, 6.45) is 4.50. The Kier molecular flexibility index (Phi) is 6.79. The van der Waals surface area contributed by atoms with E-state index in [1.807, 2.05) is 6.07 Å². The summed E-state index contributed by atoms with van der Waals surface area (Å²) in [6, 6.07) is 14.3. The molecular weight excluding hydrogens is 393 g/mol. The lowest BCUT2D eigenvalue weighted by atomic mass is 10.1. The topological polar surface area (TPSA) is 98.2 Å². The molecule has 3 aromatic rings. The largest absolute Gasteiger partial charge is 0.396 e. The standard InChI is InChI=1S/C21H24FN3O3S/c22-17-8-6-16(7-9-17)21-15-18(5-3-1-2-4-14-26)24-25(21)19-10-12-20(13-11-19)29(23,27)28/h6-13,15,26H,1-5,14H2,(H2,23,27,28). The maximum atomic E-state index is 13.3. The summed E-state index contributed by atoms with van der Waals surface area (Å²) >= 11 is 0. The predicted octanol–water partition coefficient (Wildman–Crippen LogP) is 3.42. The number of aromatic nitrogens is 2. The Labute approximate surface area is 169 Å². The van der Waals surface area contributed by atoms with Crippen LogP contribution in [0.1, 0.15) is 31.4 Å². The van der Waals surface area contributed by atoms with Crippen molar-refractivity contribution in [3.63, 3.8) is 0 Å². The highest BCUT2D eigenvalue weighted by Crippen LogP contribution is 2.26. The smallest absolute Gasteiger partial charge is 0.238 e. The summed E-state index contributed by atoms with van der Waals surface area (Å²) in [5.74, 6) is -0.318. The summed E-state index contributed by atoms with van der Waals surface area (Å²) in [5.41, 5.74) is 3.17. The molecule has 0 aliphatic rings. The van der Waals surface area contributed by atoms with Crippen LogP contribution in [0.3, 0.4) is 0 Å². The Hall–Kier alpha value is -2.55. The highest BCUT2D eigenvalue weighted by atomic mass is 32.2. The highest BCUT2D eigenvalue weighted by Gasteiger charge is 2.14. The van der Waals surface area contributed by atoms with Crippen molar-refractivity contribution in [3.8, 4) is 16.9 Å². The summed E-state index contributed by atoms with van der Waals surface area (Å²) in [5, 5.41) is 18.7. The first kappa shape index (κ1) is 21.2. The maximum Gasteiger partial charge on any atom is 0.238 e. The predicted molar refractivity (Wildman–Crippen MR) is 110 cm³/mol. The van der Waals surface area contributed by atoms with E-state index >= 15 is 0 Å². The van der Waals surface area contributed by atoms with Gasteiger partial charge in [0.1, 0.15) is 5.82 Å². The number of unbranched alkanes of at least 4 members (excludes halogenated alkanes) is 3. The number of primary sulfonamides is 1. The lowest BCUT2D eigenvalue weighted by Gasteiger charge is -2.08. The van der Waals surface area contributed by atoms with E-state index in [1.54, 1.807) is 28.9 Å². The third kappa shape index (κ3) is 5.50. The molecule has 3 rings (SSSR count). The molecule has 0 saturated carbocycles. The fraction of sp³-hybridized carbons (Fsp3) is 0.286. The number of aliphatic hydroxyl groups is 1. The van der Waals surface area contributed by atoms with Gasteiger partial charge >= 0.3 is 0 Å². The number of benzene rings is 2. The van der Waals surface area contributed by atoms with Crippen LogP contribution < -0.4 is 5.14 Å². The van der Waals surface area contributed by atoms with Crippen LogP contribution in [0.4, 0.5) is 4.39 Å². The van der Waals surface area contributed by atoms with Gasteiger partial charge in [0.2, 0.25) is 10.0 Å². The normalized spacial score (nSPS) is 11.7. The third-order valence-corrected chi connectivity index (χ3v) is 5.58. The minimum Gasteiger partial charge on any atom is -0.396 e. The molecule has 2 aromatic carbocycles. The molecule has 0 saturated heterocycles. The minimum atomic E-state index is -3.77. The van der Waals surface area contributed by atoms with Crippen molar-refractivity contribution in [1.82, 2.24) is 9.78 Å². The number of nitrogens with two attached hydrogens (primary N) is 1. The number of halogens is 1. The monoisotopic (exact) mass is 417 g/mol. The molecule has 0 spiro atoms. The van der Waals surface area contributed by atoms with Gasteiger partial charge in [0, 0.05) is 12.2 Å². The minimum absolute atomic E-state index is 0.0286. The van der Waals surface area contributed by atoms with Crippen LogP contribution in [0.2, 0.25) is 0 Å². The van der Waals surface area contributed by atoms with Crippen LogP contribution in [0.5, 0.6) is 0 Å². The van der Waals surface area contributed by atoms with E-state index in [9.17, 15) is 12.8 Å². The van der Waals surface area contributed by atoms with Gasteiger partial charge in [-0.2, -0.15) is 5.10 Å². The van der Waals surface area contributed by atoms with Crippen LogP contribution in [0.15, 0.2) is 59.5 Å². The molecule has 3 N–H and O–H groups in total. The second-order valence-electron chi connectivity index (χ2n) is 6.87. The summed E-state index contributed by atoms with van der Waals surface area (Å²) < 4.78 is 38.1. The van der Waals surface area contributed by atoms with E-state index in [-0.39, 0.29) is 17.3 Å². The maximum absolute atomic E-state index is 13.3. The molecule has 154 valence electrons. The van der Waals surface area contributed by atoms with Gasteiger partial charge in [-0.05, 0) is 73.9 Å². The molecular formula is C21H24FN3O3S. The molecule has 1 aromatic heterocycles. The number of aliphatic hydroxyl groups excluding tert-OH is 1. The van der Waals surface area contributed by atoms with E-state index in [2.05, 4.69) is 5.10 Å². The zero-order valence-corrected chi connectivity index (χ0v) is 16.8. The van der Waals surface area contributed by atoms with E-state index in [4.69, 9.17) is 10.2 Å². The Morgan fingerprint density at radius 3 is 2.24 bits per heavy atom. The van der Waals surface area contributed by atoms with Gasteiger partial charge < -0.3 is 5.11 Å². The molecule has 0 amide bonds. The van der Waals surface area contributed by atoms with Crippen LogP contribution >= 0.6 is 0 Å². The first-order valence-corrected chi connectivity index (χ1v) is 11.0. The van der Waals surface area contributed by atoms with E-state index < -0.39 is 10.0 Å². The van der Waals surface area contributed by atoms with Crippen molar-refractivity contribution in [3.05, 3.63) is 66.1 Å². The first-order valence-electron chi connectivity index (χ1n) is 9.47. The van der Waals surface area contributed by atoms with Gasteiger partial charge in [-0.3, -0.25) is 0 Å². The molecule has 0 aliphatic heterocycles. The molecule has 0 unspecified atom stereocenters. The van der Waals surface area contributed by atoms with E-state index in [1.165, 1.54) is 24.3 Å². The van der Waals surface area contributed by atoms with Crippen molar-refractivity contribution in [2.75, 3.05) is 6.61 Å². The summed E-state index contributed by atoms with van der Waals surface area (Å²) in [4.78, 5) is 0.0286. The van der Waals surface area contributed by atoms with Crippen molar-refractivity contribution in [2.24, 2.45) is 5.14 Å². The van der Waals surface area contributed by atoms with E-state index in [0.717, 1.165) is 49.1 Å². The second-order valence-corrected chi connectivity index (χ2v) is 8.43. The number of hydrogen-bond acceptors (Lipinski definition) is 4. The summed E-state index contributed by atoms with van der Waals surface area (Å²) in [6.45, 7) is 0.206. The SMILES string of the molecule is NS(=O)(=O)c1ccc(-n2nc(CCCCCCO)cc2-c2ccc(F)cc2)cc1. The molecule has 1 heterocycles. The van der Waals surface area contributed by atoms with Gasteiger partial charge in [-0.1, -0.05) is 12.8 Å². The molecule has 0 radical (unpaired) electrons. The molecule has 0 bridgehead atoms. The Morgan fingerprint density at radius 1 is 0.966 bits per heavy atom. The number of hydrogen-bond donors (Lipinski definition) is 2. The average Bonchev–Trinajstić information content (AvgIpc) is 3.12. The van der Waals surface area contributed by atoms with Crippen LogP contribution in [0.25, 0.3) is 16.9 Å². The lowest BCUT2D eigenvalue weighted by Crippen LogP contribution is -2.12. The zero-order chi connectivity index (χ0) is 20.9. The quantitative estimate of drug-likeness (QED) is 0.521. The molecule has 0 atom stereocenters. The van der Waals surface area contributed by atoms with Crippen LogP contribution in [-0.2, 0) is 16.4 Å². The zero-order valence-electron chi connectivity index (χ0n) is 16.0. The fourth-order valence-corrected chi connectivity index (χ4v) is 3.64. The van der Waals surface area contributed by atoms with Crippen molar-refractivity contribution in [2.45, 2.75) is 37.0 Å². The number of aryl methyl sites for hydroxylation is 1. The molecule has 0 fully saturated rings. The van der Waals surface area contributed by atoms with Crippen molar-refractivity contribution in [1.29, 1.82) is 0 Å². The molecule has 8 heteroatoms. The number of nitrogens with zero attached hydrogens (tertiary/aromatic N) is 2. The van der Waals surface area contributed by atoms with E-state index in [0.29, 0.717) is 5.69 Å². The second kappa shape index (κ2) is 9.30. The molecule has 29 heavy (non-hydrogen) atoms. The van der Waals surface area contributed by atoms with Gasteiger partial charge in [-0.15, -0.1) is 0 Å². The molecule has 0 aliphatic carbocycles. The third-order valence-electron chi connectivity index (χ3n) is 4.65. The number of sulfonamides is 1. The fourth-order valence-electron chi connectivity index (χ4n) is 3.12. The number of rotatable bonds is 9. The Bertz CT molecular complexity index is 1050. The van der Waals surface area contributed by atoms with Crippen LogP contribution in [0, 0.1) is 5.82 Å². The van der Waals surface area contributed by atoms with Gasteiger partial charge in [-0.25, -0.2) is 22.6 Å². The average molecular weight is 418 g/mol. The van der Waals surface area contributed by atoms with Gasteiger partial charge in [0.25, 0.3) is 0 Å². The van der Waals surface area contributed by atoms with Gasteiger partial charge in [0.05, 0.1) is 22.0 Å². The van der Waals surface area contributed by atoms with Crippen molar-refractivity contribution >= 4 is 10.0 Å². The summed E-state index contributed by atoms with van der Waals surface area (Å²) in [7, 11) is -3.77.